The van der Waals surface area contributed by atoms with E-state index in [2.05, 4.69) is 36.5 Å². The Morgan fingerprint density at radius 1 is 1.29 bits per heavy atom. The molecule has 2 rings (SSSR count). The summed E-state index contributed by atoms with van der Waals surface area (Å²) in [5.74, 6) is 0.634. The van der Waals surface area contributed by atoms with Crippen LogP contribution in [0.25, 0.3) is 0 Å². The average molecular weight is 289 g/mol. The SMILES string of the molecule is CCC(NC(=O)CCCCc1ccccc1)C1CC(O)C1. The highest BCUT2D eigenvalue weighted by atomic mass is 16.3. The van der Waals surface area contributed by atoms with Crippen molar-refractivity contribution in [3.8, 4) is 0 Å². The molecule has 1 atom stereocenters. The molecular weight excluding hydrogens is 262 g/mol. The Kier molecular flexibility index (Phi) is 6.24. The van der Waals surface area contributed by atoms with Crippen molar-refractivity contribution in [1.29, 1.82) is 0 Å². The first-order valence-electron chi connectivity index (χ1n) is 8.20. The van der Waals surface area contributed by atoms with Gasteiger partial charge in [0.05, 0.1) is 6.10 Å². The van der Waals surface area contributed by atoms with Gasteiger partial charge in [0.2, 0.25) is 5.91 Å². The highest BCUT2D eigenvalue weighted by Gasteiger charge is 2.33. The summed E-state index contributed by atoms with van der Waals surface area (Å²) >= 11 is 0. The number of aliphatic hydroxyl groups is 1. The number of hydrogen-bond donors (Lipinski definition) is 2. The molecule has 1 fully saturated rings. The number of carbonyl (C=O) groups excluding carboxylic acids is 1. The maximum Gasteiger partial charge on any atom is 0.220 e. The molecule has 3 nitrogen and oxygen atoms in total. The van der Waals surface area contributed by atoms with E-state index in [9.17, 15) is 9.90 Å². The van der Waals surface area contributed by atoms with Crippen LogP contribution in [0.3, 0.4) is 0 Å². The van der Waals surface area contributed by atoms with Crippen LogP contribution in [-0.4, -0.2) is 23.2 Å². The molecule has 1 aromatic carbocycles. The maximum atomic E-state index is 12.0. The highest BCUT2D eigenvalue weighted by molar-refractivity contribution is 5.76. The van der Waals surface area contributed by atoms with Crippen molar-refractivity contribution in [3.63, 3.8) is 0 Å². The zero-order valence-electron chi connectivity index (χ0n) is 12.9. The number of aryl methyl sites for hydroxylation is 1. The zero-order chi connectivity index (χ0) is 15.1. The van der Waals surface area contributed by atoms with Gasteiger partial charge in [-0.15, -0.1) is 0 Å². The Labute approximate surface area is 127 Å². The molecule has 1 aliphatic rings. The fourth-order valence-electron chi connectivity index (χ4n) is 3.05. The summed E-state index contributed by atoms with van der Waals surface area (Å²) in [5, 5.41) is 12.5. The fraction of sp³-hybridized carbons (Fsp3) is 0.611. The normalized spacial score (nSPS) is 22.4. The van der Waals surface area contributed by atoms with E-state index in [-0.39, 0.29) is 18.1 Å². The molecule has 0 heterocycles. The lowest BCUT2D eigenvalue weighted by atomic mass is 9.76. The van der Waals surface area contributed by atoms with Gasteiger partial charge in [-0.25, -0.2) is 0 Å². The average Bonchev–Trinajstić information content (AvgIpc) is 2.47. The molecule has 0 spiro atoms. The number of benzene rings is 1. The topological polar surface area (TPSA) is 49.3 Å². The second-order valence-corrected chi connectivity index (χ2v) is 6.16. The molecule has 21 heavy (non-hydrogen) atoms. The van der Waals surface area contributed by atoms with Crippen LogP contribution in [0.4, 0.5) is 0 Å². The van der Waals surface area contributed by atoms with Crippen molar-refractivity contribution in [1.82, 2.24) is 5.32 Å². The molecule has 1 aliphatic carbocycles. The predicted octanol–water partition coefficient (Wildman–Crippen LogP) is 3.07. The first kappa shape index (κ1) is 16.0. The number of amides is 1. The minimum absolute atomic E-state index is 0.146. The van der Waals surface area contributed by atoms with Gasteiger partial charge in [0.25, 0.3) is 0 Å². The summed E-state index contributed by atoms with van der Waals surface area (Å²) in [6, 6.07) is 10.7. The smallest absolute Gasteiger partial charge is 0.220 e. The standard InChI is InChI=1S/C18H27NO2/c1-2-17(15-12-16(20)13-15)19-18(21)11-7-6-10-14-8-4-3-5-9-14/h3-5,8-9,15-17,20H,2,6-7,10-13H2,1H3,(H,19,21). The fourth-order valence-corrected chi connectivity index (χ4v) is 3.05. The van der Waals surface area contributed by atoms with Crippen molar-refractivity contribution in [3.05, 3.63) is 35.9 Å². The predicted molar refractivity (Wildman–Crippen MR) is 84.9 cm³/mol. The molecule has 0 bridgehead atoms. The Morgan fingerprint density at radius 2 is 2.00 bits per heavy atom. The molecule has 0 saturated heterocycles. The van der Waals surface area contributed by atoms with Crippen molar-refractivity contribution in [2.75, 3.05) is 0 Å². The second-order valence-electron chi connectivity index (χ2n) is 6.16. The third-order valence-corrected chi connectivity index (χ3v) is 4.47. The molecule has 1 amide bonds. The van der Waals surface area contributed by atoms with Crippen LogP contribution in [0.2, 0.25) is 0 Å². The van der Waals surface area contributed by atoms with Gasteiger partial charge in [-0.2, -0.15) is 0 Å². The van der Waals surface area contributed by atoms with Gasteiger partial charge in [-0.05, 0) is 50.0 Å². The van der Waals surface area contributed by atoms with Crippen LogP contribution >= 0.6 is 0 Å². The third-order valence-electron chi connectivity index (χ3n) is 4.47. The monoisotopic (exact) mass is 289 g/mol. The summed E-state index contributed by atoms with van der Waals surface area (Å²) in [5.41, 5.74) is 1.34. The molecule has 0 aliphatic heterocycles. The minimum atomic E-state index is -0.146. The quantitative estimate of drug-likeness (QED) is 0.723. The van der Waals surface area contributed by atoms with Gasteiger partial charge in [0.1, 0.15) is 0 Å². The summed E-state index contributed by atoms with van der Waals surface area (Å²) in [7, 11) is 0. The largest absolute Gasteiger partial charge is 0.393 e. The van der Waals surface area contributed by atoms with Gasteiger partial charge in [-0.3, -0.25) is 4.79 Å². The minimum Gasteiger partial charge on any atom is -0.393 e. The molecule has 1 aromatic rings. The van der Waals surface area contributed by atoms with Crippen LogP contribution in [0.1, 0.15) is 51.0 Å². The van der Waals surface area contributed by atoms with Crippen LogP contribution in [0, 0.1) is 5.92 Å². The lowest BCUT2D eigenvalue weighted by molar-refractivity contribution is -0.123. The maximum absolute atomic E-state index is 12.0. The zero-order valence-corrected chi connectivity index (χ0v) is 12.9. The van der Waals surface area contributed by atoms with Gasteiger partial charge in [0.15, 0.2) is 0 Å². The number of aliphatic hydroxyl groups excluding tert-OH is 1. The van der Waals surface area contributed by atoms with E-state index in [1.165, 1.54) is 5.56 Å². The number of rotatable bonds is 8. The molecule has 116 valence electrons. The molecular formula is C18H27NO2. The molecule has 1 unspecified atom stereocenters. The Bertz CT molecular complexity index is 426. The third kappa shape index (κ3) is 5.16. The summed E-state index contributed by atoms with van der Waals surface area (Å²) in [6.07, 6.45) is 6.12. The Balaban J connectivity index is 1.60. The number of nitrogens with one attached hydrogen (secondary N) is 1. The van der Waals surface area contributed by atoms with E-state index in [0.717, 1.165) is 38.5 Å². The van der Waals surface area contributed by atoms with Crippen LogP contribution in [0.15, 0.2) is 30.3 Å². The summed E-state index contributed by atoms with van der Waals surface area (Å²) in [6.45, 7) is 2.10. The highest BCUT2D eigenvalue weighted by Crippen LogP contribution is 2.31. The van der Waals surface area contributed by atoms with Crippen molar-refractivity contribution in [2.45, 2.75) is 64.0 Å². The summed E-state index contributed by atoms with van der Waals surface area (Å²) < 4.78 is 0. The molecule has 0 aromatic heterocycles. The molecule has 0 radical (unpaired) electrons. The van der Waals surface area contributed by atoms with E-state index in [1.54, 1.807) is 0 Å². The summed E-state index contributed by atoms with van der Waals surface area (Å²) in [4.78, 5) is 12.0. The van der Waals surface area contributed by atoms with Gasteiger partial charge in [-0.1, -0.05) is 37.3 Å². The lowest BCUT2D eigenvalue weighted by Gasteiger charge is -2.37. The van der Waals surface area contributed by atoms with Gasteiger partial charge in [0, 0.05) is 12.5 Å². The van der Waals surface area contributed by atoms with Crippen molar-refractivity contribution >= 4 is 5.91 Å². The van der Waals surface area contributed by atoms with E-state index >= 15 is 0 Å². The second kappa shape index (κ2) is 8.18. The first-order valence-corrected chi connectivity index (χ1v) is 8.20. The molecule has 1 saturated carbocycles. The number of hydrogen-bond acceptors (Lipinski definition) is 2. The molecule has 2 N–H and O–H groups in total. The van der Waals surface area contributed by atoms with E-state index < -0.39 is 0 Å². The first-order chi connectivity index (χ1) is 10.2. The van der Waals surface area contributed by atoms with Crippen molar-refractivity contribution in [2.24, 2.45) is 5.92 Å². The van der Waals surface area contributed by atoms with Gasteiger partial charge >= 0.3 is 0 Å². The van der Waals surface area contributed by atoms with Crippen LogP contribution in [0.5, 0.6) is 0 Å². The van der Waals surface area contributed by atoms with E-state index in [1.807, 2.05) is 6.07 Å². The lowest BCUT2D eigenvalue weighted by Crippen LogP contribution is -2.46. The van der Waals surface area contributed by atoms with E-state index in [4.69, 9.17) is 0 Å². The Hall–Kier alpha value is -1.35. The van der Waals surface area contributed by atoms with Crippen LogP contribution < -0.4 is 5.32 Å². The van der Waals surface area contributed by atoms with Gasteiger partial charge < -0.3 is 10.4 Å². The van der Waals surface area contributed by atoms with E-state index in [0.29, 0.717) is 12.3 Å². The van der Waals surface area contributed by atoms with Crippen molar-refractivity contribution < 1.29 is 9.90 Å². The number of carbonyl (C=O) groups is 1. The van der Waals surface area contributed by atoms with Crippen LogP contribution in [-0.2, 0) is 11.2 Å². The Morgan fingerprint density at radius 3 is 2.62 bits per heavy atom. The molecule has 3 heteroatoms. The number of unbranched alkanes of at least 4 members (excludes halogenated alkanes) is 1.